The lowest BCUT2D eigenvalue weighted by molar-refractivity contribution is -0.137. The van der Waals surface area contributed by atoms with Gasteiger partial charge in [-0.2, -0.15) is 18.4 Å². The van der Waals surface area contributed by atoms with Gasteiger partial charge in [-0.05, 0) is 74.3 Å². The number of aryl methyl sites for hydroxylation is 1. The number of aromatic hydroxyl groups is 1. The predicted octanol–water partition coefficient (Wildman–Crippen LogP) is 6.31. The zero-order valence-corrected chi connectivity index (χ0v) is 36.0. The Bertz CT molecular complexity index is 2370. The van der Waals surface area contributed by atoms with E-state index in [0.29, 0.717) is 24.8 Å². The molecule has 19 heteroatoms. The number of anilines is 1. The summed E-state index contributed by atoms with van der Waals surface area (Å²) in [6.45, 7) is 12.9. The van der Waals surface area contributed by atoms with Gasteiger partial charge in [0.05, 0.1) is 35.2 Å². The lowest BCUT2D eigenvalue weighted by atomic mass is 9.85. The van der Waals surface area contributed by atoms with E-state index < -0.39 is 52.6 Å². The number of aromatic nitrogens is 6. The Morgan fingerprint density at radius 2 is 1.68 bits per heavy atom. The highest BCUT2D eigenvalue weighted by atomic mass is 19.4. The van der Waals surface area contributed by atoms with Crippen molar-refractivity contribution in [2.45, 2.75) is 111 Å². The minimum absolute atomic E-state index is 0.0774. The third-order valence-electron chi connectivity index (χ3n) is 11.1. The Labute approximate surface area is 357 Å². The van der Waals surface area contributed by atoms with Crippen molar-refractivity contribution in [1.29, 1.82) is 5.26 Å². The molecule has 2 fully saturated rings. The minimum atomic E-state index is -4.60. The molecule has 7 rings (SSSR count). The summed E-state index contributed by atoms with van der Waals surface area (Å²) in [4.78, 5) is 75.1. The van der Waals surface area contributed by atoms with Crippen molar-refractivity contribution in [3.8, 4) is 11.8 Å². The zero-order valence-electron chi connectivity index (χ0n) is 36.0. The Morgan fingerprint density at radius 3 is 2.27 bits per heavy atom. The molecule has 4 aliphatic rings. The summed E-state index contributed by atoms with van der Waals surface area (Å²) in [6.07, 6.45) is 1.23. The number of nitrogens with one attached hydrogen (secondary N) is 2. The summed E-state index contributed by atoms with van der Waals surface area (Å²) >= 11 is 0. The smallest absolute Gasteiger partial charge is 0.416 e. The first kappa shape index (κ1) is 46.9. The molecule has 16 nitrogen and oxygen atoms in total. The molecule has 1 spiro atoms. The van der Waals surface area contributed by atoms with Gasteiger partial charge < -0.3 is 25.0 Å². The fourth-order valence-corrected chi connectivity index (χ4v) is 7.57. The number of H-pyrrole nitrogens is 1. The number of benzene rings is 1. The highest BCUT2D eigenvalue weighted by Gasteiger charge is 2.52. The standard InChI is InChI=1S/C39H41F3N10O6.2C2H6/c1-22(2)26-16-25(39(40,41)42)4-5-27(26)48-29(53)17-52-34(55)30-28(18-58-38(30)10-14-50(15-11-38)35(56)31-32(54)23(3)44-20-46-31)45-21-47-33(49-52)24-6-12-51(13-7-24)36(57)37(19-43)8-9-37;2*1-2/h4-6,16,20-22,54H,7-15,17-18H2,1-3H3,(H,48,53)(H,45,47,49);2*1-2H3. The van der Waals surface area contributed by atoms with E-state index in [0.717, 1.165) is 16.8 Å². The Morgan fingerprint density at radius 1 is 1.00 bits per heavy atom. The fourth-order valence-electron chi connectivity index (χ4n) is 7.57. The molecule has 0 atom stereocenters. The number of fused-ring (bicyclic) bond motifs is 2. The monoisotopic (exact) mass is 862 g/mol. The normalized spacial score (nSPS) is 17.0. The van der Waals surface area contributed by atoms with Crippen LogP contribution in [0.5, 0.6) is 5.75 Å². The first-order valence-corrected chi connectivity index (χ1v) is 20.8. The first-order valence-electron chi connectivity index (χ1n) is 20.8. The highest BCUT2D eigenvalue weighted by Crippen LogP contribution is 2.47. The van der Waals surface area contributed by atoms with Crippen molar-refractivity contribution >= 4 is 29.0 Å². The van der Waals surface area contributed by atoms with Crippen molar-refractivity contribution in [3.63, 3.8) is 0 Å². The van der Waals surface area contributed by atoms with Gasteiger partial charge in [0.25, 0.3) is 11.5 Å². The number of halogens is 3. The first-order chi connectivity index (χ1) is 29.6. The van der Waals surface area contributed by atoms with Crippen LogP contribution in [0.3, 0.4) is 0 Å². The van der Waals surface area contributed by atoms with Gasteiger partial charge in [0.2, 0.25) is 11.8 Å². The van der Waals surface area contributed by atoms with Gasteiger partial charge in [-0.25, -0.2) is 24.6 Å². The SMILES string of the molecule is CC.CC.Cc1ncnc(C(=O)N2CCC3(CC2)OCc2ncnc(C4=CCN(C(=O)C5(C#N)CC5)CC4)[nH]n(CC(=O)Nc4ccc(C(F)(F)F)cc4C(C)C)c(=O)c23)c1O. The second-order valence-electron chi connectivity index (χ2n) is 15.2. The maximum absolute atomic E-state index is 14.8. The van der Waals surface area contributed by atoms with Gasteiger partial charge >= 0.3 is 6.18 Å². The van der Waals surface area contributed by atoms with Crippen molar-refractivity contribution in [3.05, 3.63) is 86.9 Å². The third kappa shape index (κ3) is 9.65. The largest absolute Gasteiger partial charge is 0.504 e. The molecule has 1 saturated heterocycles. The van der Waals surface area contributed by atoms with Crippen LogP contribution >= 0.6 is 0 Å². The van der Waals surface area contributed by atoms with Crippen molar-refractivity contribution < 1.29 is 37.4 Å². The molecule has 0 bridgehead atoms. The van der Waals surface area contributed by atoms with Crippen LogP contribution in [0.2, 0.25) is 0 Å². The van der Waals surface area contributed by atoms with Gasteiger partial charge in [-0.1, -0.05) is 47.6 Å². The molecular weight excluding hydrogens is 810 g/mol. The molecule has 2 aromatic heterocycles. The van der Waals surface area contributed by atoms with Gasteiger partial charge in [-0.15, -0.1) is 0 Å². The van der Waals surface area contributed by atoms with Gasteiger partial charge in [0, 0.05) is 31.9 Å². The van der Waals surface area contributed by atoms with Crippen molar-refractivity contribution in [2.24, 2.45) is 5.41 Å². The van der Waals surface area contributed by atoms with E-state index in [2.05, 4.69) is 36.4 Å². The lowest BCUT2D eigenvalue weighted by Gasteiger charge is -2.38. The quantitative estimate of drug-likeness (QED) is 0.240. The molecule has 1 saturated carbocycles. The molecule has 1 aromatic carbocycles. The number of carbonyl (C=O) groups excluding carboxylic acids is 3. The molecule has 62 heavy (non-hydrogen) atoms. The maximum Gasteiger partial charge on any atom is 0.416 e. The molecule has 1 aliphatic carbocycles. The summed E-state index contributed by atoms with van der Waals surface area (Å²) in [5.41, 5.74) is -2.25. The van der Waals surface area contributed by atoms with Crippen LogP contribution in [0.4, 0.5) is 18.9 Å². The number of amides is 3. The molecule has 3 N–H and O–H groups in total. The predicted molar refractivity (Wildman–Crippen MR) is 222 cm³/mol. The molecule has 0 unspecified atom stereocenters. The number of rotatable bonds is 7. The highest BCUT2D eigenvalue weighted by molar-refractivity contribution is 5.95. The van der Waals surface area contributed by atoms with E-state index >= 15 is 0 Å². The lowest BCUT2D eigenvalue weighted by Crippen LogP contribution is -2.47. The summed E-state index contributed by atoms with van der Waals surface area (Å²) in [6, 6.07) is 5.17. The van der Waals surface area contributed by atoms with E-state index in [4.69, 9.17) is 4.74 Å². The fraction of sp³-hybridized carbons (Fsp3) is 0.512. The summed E-state index contributed by atoms with van der Waals surface area (Å²) < 4.78 is 48.1. The average molecular weight is 863 g/mol. The number of aromatic amines is 1. The number of likely N-dealkylation sites (tertiary alicyclic amines) is 1. The molecule has 332 valence electrons. The van der Waals surface area contributed by atoms with E-state index in [1.807, 2.05) is 27.7 Å². The Balaban J connectivity index is 0.00000176. The molecule has 3 aromatic rings. The zero-order chi connectivity index (χ0) is 45.6. The summed E-state index contributed by atoms with van der Waals surface area (Å²) in [5, 5.41) is 25.7. The van der Waals surface area contributed by atoms with Crippen molar-refractivity contribution in [2.75, 3.05) is 31.5 Å². The molecule has 3 aliphatic heterocycles. The minimum Gasteiger partial charge on any atom is -0.504 e. The third-order valence-corrected chi connectivity index (χ3v) is 11.1. The molecule has 3 amide bonds. The van der Waals surface area contributed by atoms with Crippen LogP contribution < -0.4 is 10.9 Å². The number of hydrogen-bond acceptors (Lipinski definition) is 11. The summed E-state index contributed by atoms with van der Waals surface area (Å²) in [7, 11) is 0. The van der Waals surface area contributed by atoms with E-state index in [1.54, 1.807) is 31.7 Å². The van der Waals surface area contributed by atoms with E-state index in [9.17, 15) is 42.7 Å². The number of ether oxygens (including phenoxy) is 1. The molecule has 5 heterocycles. The second kappa shape index (κ2) is 19.3. The van der Waals surface area contributed by atoms with Gasteiger partial charge in [0.15, 0.2) is 11.4 Å². The van der Waals surface area contributed by atoms with Gasteiger partial charge in [-0.3, -0.25) is 24.3 Å². The van der Waals surface area contributed by atoms with Crippen LogP contribution in [-0.2, 0) is 39.3 Å². The Kier molecular flexibility index (Phi) is 14.6. The van der Waals surface area contributed by atoms with Crippen LogP contribution in [0.15, 0.2) is 41.7 Å². The second-order valence-corrected chi connectivity index (χ2v) is 15.2. The summed E-state index contributed by atoms with van der Waals surface area (Å²) in [5.74, 6) is -2.03. The number of alkyl halides is 3. The number of piperidine rings is 1. The topological polar surface area (TPSA) is 212 Å². The van der Waals surface area contributed by atoms with Gasteiger partial charge in [0.1, 0.15) is 36.0 Å². The van der Waals surface area contributed by atoms with Crippen molar-refractivity contribution in [1.82, 2.24) is 39.5 Å². The number of nitrogens with zero attached hydrogens (tertiary/aromatic N) is 8. The number of hydrogen-bond donors (Lipinski definition) is 3. The van der Waals surface area contributed by atoms with Crippen LogP contribution in [0.1, 0.15) is 124 Å². The van der Waals surface area contributed by atoms with Crippen LogP contribution in [0.25, 0.3) is 5.57 Å². The average Bonchev–Trinajstić information content (AvgIpc) is 3.99. The Hall–Kier alpha value is -6.16. The van der Waals surface area contributed by atoms with E-state index in [-0.39, 0.29) is 97.0 Å². The molecule has 0 radical (unpaired) electrons. The number of nitriles is 1. The molecular formula is C43H53F3N10O6. The van der Waals surface area contributed by atoms with Crippen LogP contribution in [0, 0.1) is 23.7 Å². The van der Waals surface area contributed by atoms with E-state index in [1.165, 1.54) is 23.6 Å². The number of carbonyl (C=O) groups is 3. The maximum atomic E-state index is 14.8. The van der Waals surface area contributed by atoms with Crippen LogP contribution in [-0.4, -0.2) is 88.5 Å².